The monoisotopic (exact) mass is 357 g/mol. The lowest BCUT2D eigenvalue weighted by Crippen LogP contribution is -2.07. The van der Waals surface area contributed by atoms with Crippen LogP contribution >= 0.6 is 11.6 Å². The standard InChI is InChI=1S/C23H16ClNO/c24-17-10-12-18(13-11-17)25-14-20(16-6-2-1-3-7-16)21-15-26-22-9-5-4-8-19(22)23(21)25/h1-14H,15H2. The summed E-state index contributed by atoms with van der Waals surface area (Å²) in [5, 5.41) is 0.738. The zero-order valence-corrected chi connectivity index (χ0v) is 14.8. The first kappa shape index (κ1) is 15.3. The van der Waals surface area contributed by atoms with Gasteiger partial charge in [-0.2, -0.15) is 0 Å². The quantitative estimate of drug-likeness (QED) is 0.407. The van der Waals surface area contributed by atoms with Crippen molar-refractivity contribution < 1.29 is 4.74 Å². The SMILES string of the molecule is Clc1ccc(-n2cc(-c3ccccc3)c3c2-c2ccccc2OC3)cc1. The van der Waals surface area contributed by atoms with Crippen molar-refractivity contribution in [3.63, 3.8) is 0 Å². The molecule has 0 atom stereocenters. The molecule has 1 aliphatic rings. The highest BCUT2D eigenvalue weighted by molar-refractivity contribution is 6.30. The Bertz CT molecular complexity index is 1080. The third kappa shape index (κ3) is 2.42. The molecule has 0 amide bonds. The predicted molar refractivity (Wildman–Crippen MR) is 106 cm³/mol. The van der Waals surface area contributed by atoms with E-state index in [0.29, 0.717) is 6.61 Å². The van der Waals surface area contributed by atoms with Crippen molar-refractivity contribution in [2.24, 2.45) is 0 Å². The van der Waals surface area contributed by atoms with E-state index in [4.69, 9.17) is 16.3 Å². The topological polar surface area (TPSA) is 14.2 Å². The highest BCUT2D eigenvalue weighted by Crippen LogP contribution is 2.43. The van der Waals surface area contributed by atoms with Crippen LogP contribution in [0.25, 0.3) is 28.1 Å². The molecule has 1 aromatic heterocycles. The molecule has 26 heavy (non-hydrogen) atoms. The number of halogens is 1. The minimum atomic E-state index is 0.567. The van der Waals surface area contributed by atoms with Crippen LogP contribution in [-0.4, -0.2) is 4.57 Å². The molecule has 0 aliphatic carbocycles. The lowest BCUT2D eigenvalue weighted by Gasteiger charge is -2.21. The molecule has 0 bridgehead atoms. The second kappa shape index (κ2) is 6.08. The Morgan fingerprint density at radius 1 is 0.769 bits per heavy atom. The molecule has 2 heterocycles. The highest BCUT2D eigenvalue weighted by Gasteiger charge is 2.25. The van der Waals surface area contributed by atoms with E-state index in [0.717, 1.165) is 22.0 Å². The van der Waals surface area contributed by atoms with Crippen molar-refractivity contribution in [3.8, 4) is 33.8 Å². The maximum absolute atomic E-state index is 6.10. The van der Waals surface area contributed by atoms with E-state index >= 15 is 0 Å². The molecule has 0 unspecified atom stereocenters. The summed E-state index contributed by atoms with van der Waals surface area (Å²) in [4.78, 5) is 0. The Labute approximate surface area is 157 Å². The van der Waals surface area contributed by atoms with Gasteiger partial charge in [0.2, 0.25) is 0 Å². The maximum Gasteiger partial charge on any atom is 0.129 e. The minimum absolute atomic E-state index is 0.567. The fraction of sp³-hybridized carbons (Fsp3) is 0.0435. The highest BCUT2D eigenvalue weighted by atomic mass is 35.5. The first-order valence-electron chi connectivity index (χ1n) is 8.59. The Hall–Kier alpha value is -2.97. The normalized spacial score (nSPS) is 12.2. The predicted octanol–water partition coefficient (Wildman–Crippen LogP) is 6.36. The van der Waals surface area contributed by atoms with Gasteiger partial charge in [-0.3, -0.25) is 0 Å². The summed E-state index contributed by atoms with van der Waals surface area (Å²) >= 11 is 6.10. The average Bonchev–Trinajstić information content (AvgIpc) is 3.09. The van der Waals surface area contributed by atoms with Crippen molar-refractivity contribution in [1.82, 2.24) is 4.57 Å². The molecule has 0 saturated heterocycles. The largest absolute Gasteiger partial charge is 0.488 e. The van der Waals surface area contributed by atoms with E-state index in [1.807, 2.05) is 30.3 Å². The van der Waals surface area contributed by atoms with Crippen LogP contribution in [-0.2, 0) is 6.61 Å². The molecule has 0 radical (unpaired) electrons. The van der Waals surface area contributed by atoms with Crippen molar-refractivity contribution in [1.29, 1.82) is 0 Å². The molecule has 1 aliphatic heterocycles. The van der Waals surface area contributed by atoms with E-state index in [-0.39, 0.29) is 0 Å². The van der Waals surface area contributed by atoms with Gasteiger partial charge < -0.3 is 9.30 Å². The van der Waals surface area contributed by atoms with Gasteiger partial charge in [0.1, 0.15) is 12.4 Å². The molecule has 126 valence electrons. The Balaban J connectivity index is 1.80. The average molecular weight is 358 g/mol. The Morgan fingerprint density at radius 2 is 1.50 bits per heavy atom. The van der Waals surface area contributed by atoms with Crippen LogP contribution in [0.3, 0.4) is 0 Å². The van der Waals surface area contributed by atoms with Crippen molar-refractivity contribution in [3.05, 3.63) is 95.6 Å². The zero-order valence-electron chi connectivity index (χ0n) is 14.0. The maximum atomic E-state index is 6.10. The van der Waals surface area contributed by atoms with Crippen LogP contribution in [0, 0.1) is 0 Å². The number of fused-ring (bicyclic) bond motifs is 3. The second-order valence-corrected chi connectivity index (χ2v) is 6.80. The smallest absolute Gasteiger partial charge is 0.129 e. The number of benzene rings is 3. The van der Waals surface area contributed by atoms with Gasteiger partial charge in [0.25, 0.3) is 0 Å². The number of rotatable bonds is 2. The summed E-state index contributed by atoms with van der Waals surface area (Å²) < 4.78 is 8.29. The summed E-state index contributed by atoms with van der Waals surface area (Å²) in [5.74, 6) is 0.924. The molecule has 0 spiro atoms. The fourth-order valence-corrected chi connectivity index (χ4v) is 3.72. The summed E-state index contributed by atoms with van der Waals surface area (Å²) in [6.07, 6.45) is 2.20. The summed E-state index contributed by atoms with van der Waals surface area (Å²) in [6, 6.07) is 26.6. The van der Waals surface area contributed by atoms with Gasteiger partial charge in [-0.15, -0.1) is 0 Å². The number of aromatic nitrogens is 1. The summed E-state index contributed by atoms with van der Waals surface area (Å²) in [7, 11) is 0. The fourth-order valence-electron chi connectivity index (χ4n) is 3.59. The summed E-state index contributed by atoms with van der Waals surface area (Å²) in [6.45, 7) is 0.567. The summed E-state index contributed by atoms with van der Waals surface area (Å²) in [5.41, 5.74) is 7.00. The molecular weight excluding hydrogens is 342 g/mol. The van der Waals surface area contributed by atoms with Gasteiger partial charge >= 0.3 is 0 Å². The third-order valence-electron chi connectivity index (χ3n) is 4.81. The van der Waals surface area contributed by atoms with Crippen molar-refractivity contribution >= 4 is 11.6 Å². The molecule has 3 heteroatoms. The molecular formula is C23H16ClNO. The number of hydrogen-bond acceptors (Lipinski definition) is 1. The van der Waals surface area contributed by atoms with E-state index < -0.39 is 0 Å². The molecule has 3 aromatic carbocycles. The number of para-hydroxylation sites is 1. The Kier molecular flexibility index (Phi) is 3.58. The first-order valence-corrected chi connectivity index (χ1v) is 8.97. The number of hydrogen-bond donors (Lipinski definition) is 0. The van der Waals surface area contributed by atoms with E-state index in [1.165, 1.54) is 22.4 Å². The molecule has 5 rings (SSSR count). The molecule has 0 saturated carbocycles. The second-order valence-electron chi connectivity index (χ2n) is 6.37. The van der Waals surface area contributed by atoms with Gasteiger partial charge in [-0.25, -0.2) is 0 Å². The van der Waals surface area contributed by atoms with Gasteiger partial charge in [-0.05, 0) is 42.0 Å². The third-order valence-corrected chi connectivity index (χ3v) is 5.07. The lowest BCUT2D eigenvalue weighted by atomic mass is 9.98. The van der Waals surface area contributed by atoms with Crippen LogP contribution in [0.4, 0.5) is 0 Å². The first-order chi connectivity index (χ1) is 12.8. The van der Waals surface area contributed by atoms with Gasteiger partial charge in [-0.1, -0.05) is 54.1 Å². The molecule has 0 fully saturated rings. The van der Waals surface area contributed by atoms with Gasteiger partial charge in [0.05, 0.1) is 5.69 Å². The number of ether oxygens (including phenoxy) is 1. The number of nitrogens with zero attached hydrogens (tertiary/aromatic N) is 1. The van der Waals surface area contributed by atoms with Crippen molar-refractivity contribution in [2.45, 2.75) is 6.61 Å². The molecule has 4 aromatic rings. The van der Waals surface area contributed by atoms with E-state index in [2.05, 4.69) is 59.3 Å². The van der Waals surface area contributed by atoms with Gasteiger partial charge in [0.15, 0.2) is 0 Å². The van der Waals surface area contributed by atoms with Crippen LogP contribution in [0.15, 0.2) is 85.1 Å². The van der Waals surface area contributed by atoms with Crippen LogP contribution in [0.5, 0.6) is 5.75 Å². The minimum Gasteiger partial charge on any atom is -0.488 e. The van der Waals surface area contributed by atoms with Crippen LogP contribution in [0.2, 0.25) is 5.02 Å². The van der Waals surface area contributed by atoms with E-state index in [1.54, 1.807) is 0 Å². The van der Waals surface area contributed by atoms with Crippen LogP contribution in [0.1, 0.15) is 5.56 Å². The van der Waals surface area contributed by atoms with E-state index in [9.17, 15) is 0 Å². The van der Waals surface area contributed by atoms with Crippen molar-refractivity contribution in [2.75, 3.05) is 0 Å². The van der Waals surface area contributed by atoms with Gasteiger partial charge in [0, 0.05) is 33.6 Å². The van der Waals surface area contributed by atoms with Crippen LogP contribution < -0.4 is 4.74 Å². The molecule has 2 nitrogen and oxygen atoms in total. The molecule has 0 N–H and O–H groups in total. The Morgan fingerprint density at radius 3 is 2.31 bits per heavy atom. The lowest BCUT2D eigenvalue weighted by molar-refractivity contribution is 0.302. The zero-order chi connectivity index (χ0) is 17.5.